The second-order valence-electron chi connectivity index (χ2n) is 6.65. The molecular weight excluding hydrogens is 296 g/mol. The average Bonchev–Trinajstić information content (AvgIpc) is 2.62. The molecule has 0 spiro atoms. The molecule has 0 saturated heterocycles. The van der Waals surface area contributed by atoms with Gasteiger partial charge in [0.1, 0.15) is 12.1 Å². The summed E-state index contributed by atoms with van der Waals surface area (Å²) in [6, 6.07) is 15.2. The zero-order valence-electron chi connectivity index (χ0n) is 14.1. The number of fused-ring (bicyclic) bond motifs is 2. The summed E-state index contributed by atoms with van der Waals surface area (Å²) in [5.41, 5.74) is 4.81. The predicted molar refractivity (Wildman–Crippen MR) is 99.5 cm³/mol. The Balaban J connectivity index is 1.74. The highest BCUT2D eigenvalue weighted by Gasteiger charge is 2.20. The van der Waals surface area contributed by atoms with Gasteiger partial charge in [0, 0.05) is 17.6 Å². The van der Waals surface area contributed by atoms with Gasteiger partial charge in [-0.3, -0.25) is 0 Å². The number of nitrogens with one attached hydrogen (secondary N) is 2. The van der Waals surface area contributed by atoms with Crippen LogP contribution < -0.4 is 10.6 Å². The zero-order valence-corrected chi connectivity index (χ0v) is 14.1. The fourth-order valence-corrected chi connectivity index (χ4v) is 3.33. The number of rotatable bonds is 3. The highest BCUT2D eigenvalue weighted by Crippen LogP contribution is 2.33. The Hall–Kier alpha value is -2.62. The van der Waals surface area contributed by atoms with Crippen molar-refractivity contribution in [2.45, 2.75) is 32.2 Å². The van der Waals surface area contributed by atoms with Gasteiger partial charge in [0.25, 0.3) is 0 Å². The molecule has 4 nitrogen and oxygen atoms in total. The summed E-state index contributed by atoms with van der Waals surface area (Å²) in [5.74, 6) is 1.41. The summed E-state index contributed by atoms with van der Waals surface area (Å²) < 4.78 is 0. The number of para-hydroxylation sites is 1. The molecule has 1 atom stereocenters. The molecule has 0 radical (unpaired) electrons. The van der Waals surface area contributed by atoms with Gasteiger partial charge >= 0.3 is 0 Å². The molecule has 0 amide bonds. The second kappa shape index (κ2) is 6.11. The van der Waals surface area contributed by atoms with Gasteiger partial charge in [0.2, 0.25) is 0 Å². The van der Waals surface area contributed by atoms with Crippen LogP contribution in [0.3, 0.4) is 0 Å². The number of nitrogens with zero attached hydrogens (tertiary/aromatic N) is 2. The van der Waals surface area contributed by atoms with Crippen molar-refractivity contribution in [1.29, 1.82) is 0 Å². The molecular formula is C20H22N4. The van der Waals surface area contributed by atoms with Gasteiger partial charge in [-0.15, -0.1) is 0 Å². The fourth-order valence-electron chi connectivity index (χ4n) is 3.33. The van der Waals surface area contributed by atoms with Crippen LogP contribution in [0.25, 0.3) is 10.9 Å². The average molecular weight is 318 g/mol. The van der Waals surface area contributed by atoms with E-state index in [1.54, 1.807) is 6.33 Å². The van der Waals surface area contributed by atoms with Gasteiger partial charge in [-0.1, -0.05) is 38.1 Å². The molecule has 1 aliphatic rings. The number of hydrogen-bond acceptors (Lipinski definition) is 4. The SMILES string of the molecule is CC(C)c1ccc2ncnc(NC3CCNc4ccccc43)c2c1. The molecule has 0 saturated carbocycles. The van der Waals surface area contributed by atoms with Crippen molar-refractivity contribution < 1.29 is 0 Å². The van der Waals surface area contributed by atoms with Crippen molar-refractivity contribution in [3.63, 3.8) is 0 Å². The summed E-state index contributed by atoms with van der Waals surface area (Å²) in [5, 5.41) is 8.22. The Morgan fingerprint density at radius 1 is 1.12 bits per heavy atom. The van der Waals surface area contributed by atoms with Gasteiger partial charge in [-0.05, 0) is 41.7 Å². The zero-order chi connectivity index (χ0) is 16.5. The minimum atomic E-state index is 0.267. The Bertz CT molecular complexity index is 872. The summed E-state index contributed by atoms with van der Waals surface area (Å²) in [6.45, 7) is 5.39. The second-order valence-corrected chi connectivity index (χ2v) is 6.65. The third-order valence-corrected chi connectivity index (χ3v) is 4.72. The fraction of sp³-hybridized carbons (Fsp3) is 0.300. The van der Waals surface area contributed by atoms with Crippen LogP contribution in [0.5, 0.6) is 0 Å². The number of hydrogen-bond donors (Lipinski definition) is 2. The van der Waals surface area contributed by atoms with E-state index in [1.807, 2.05) is 0 Å². The molecule has 24 heavy (non-hydrogen) atoms. The Morgan fingerprint density at radius 3 is 2.88 bits per heavy atom. The van der Waals surface area contributed by atoms with E-state index in [-0.39, 0.29) is 6.04 Å². The minimum absolute atomic E-state index is 0.267. The number of aromatic nitrogens is 2. The van der Waals surface area contributed by atoms with Crippen molar-refractivity contribution in [2.24, 2.45) is 0 Å². The first-order valence-corrected chi connectivity index (χ1v) is 8.56. The van der Waals surface area contributed by atoms with Gasteiger partial charge in [0.05, 0.1) is 11.6 Å². The number of anilines is 2. The molecule has 0 fully saturated rings. The van der Waals surface area contributed by atoms with E-state index in [2.05, 4.69) is 76.9 Å². The van der Waals surface area contributed by atoms with Crippen LogP contribution in [0.4, 0.5) is 11.5 Å². The maximum Gasteiger partial charge on any atom is 0.137 e. The standard InChI is InChI=1S/C20H22N4/c1-13(2)14-7-8-18-16(11-14)20(23-12-22-18)24-19-9-10-21-17-6-4-3-5-15(17)19/h3-8,11-13,19,21H,9-10H2,1-2H3,(H,22,23,24). The van der Waals surface area contributed by atoms with Gasteiger partial charge < -0.3 is 10.6 Å². The van der Waals surface area contributed by atoms with Crippen LogP contribution in [0.1, 0.15) is 43.4 Å². The molecule has 0 bridgehead atoms. The van der Waals surface area contributed by atoms with E-state index in [9.17, 15) is 0 Å². The molecule has 1 aliphatic heterocycles. The van der Waals surface area contributed by atoms with Gasteiger partial charge in [-0.25, -0.2) is 9.97 Å². The van der Waals surface area contributed by atoms with E-state index in [1.165, 1.54) is 16.8 Å². The predicted octanol–water partition coefficient (Wildman–Crippen LogP) is 4.72. The summed E-state index contributed by atoms with van der Waals surface area (Å²) in [6.07, 6.45) is 2.68. The normalized spacial score (nSPS) is 16.7. The molecule has 1 aromatic heterocycles. The quantitative estimate of drug-likeness (QED) is 0.733. The van der Waals surface area contributed by atoms with Crippen molar-refractivity contribution in [3.05, 3.63) is 59.9 Å². The topological polar surface area (TPSA) is 49.8 Å². The van der Waals surface area contributed by atoms with Crippen LogP contribution in [0.15, 0.2) is 48.8 Å². The van der Waals surface area contributed by atoms with Gasteiger partial charge in [-0.2, -0.15) is 0 Å². The summed E-state index contributed by atoms with van der Waals surface area (Å²) >= 11 is 0. The molecule has 2 heterocycles. The van der Waals surface area contributed by atoms with Crippen LogP contribution >= 0.6 is 0 Å². The highest BCUT2D eigenvalue weighted by molar-refractivity contribution is 5.89. The maximum absolute atomic E-state index is 4.53. The third kappa shape index (κ3) is 2.68. The summed E-state index contributed by atoms with van der Waals surface area (Å²) in [4.78, 5) is 8.95. The lowest BCUT2D eigenvalue weighted by Gasteiger charge is -2.28. The lowest BCUT2D eigenvalue weighted by Crippen LogP contribution is -2.22. The molecule has 4 rings (SSSR count). The third-order valence-electron chi connectivity index (χ3n) is 4.72. The Kier molecular flexibility index (Phi) is 3.81. The van der Waals surface area contributed by atoms with E-state index < -0.39 is 0 Å². The van der Waals surface area contributed by atoms with Crippen molar-refractivity contribution >= 4 is 22.4 Å². The Labute approximate surface area is 142 Å². The Morgan fingerprint density at radius 2 is 2.00 bits per heavy atom. The first kappa shape index (κ1) is 14.9. The van der Waals surface area contributed by atoms with Gasteiger partial charge in [0.15, 0.2) is 0 Å². The van der Waals surface area contributed by atoms with Crippen LogP contribution in [-0.4, -0.2) is 16.5 Å². The van der Waals surface area contributed by atoms with Crippen LogP contribution in [0, 0.1) is 0 Å². The van der Waals surface area contributed by atoms with Crippen molar-refractivity contribution in [2.75, 3.05) is 17.2 Å². The molecule has 2 aromatic carbocycles. The lowest BCUT2D eigenvalue weighted by molar-refractivity contribution is 0.695. The number of benzene rings is 2. The van der Waals surface area contributed by atoms with E-state index >= 15 is 0 Å². The molecule has 4 heteroatoms. The minimum Gasteiger partial charge on any atom is -0.385 e. The largest absolute Gasteiger partial charge is 0.385 e. The molecule has 1 unspecified atom stereocenters. The monoisotopic (exact) mass is 318 g/mol. The van der Waals surface area contributed by atoms with Crippen molar-refractivity contribution in [3.8, 4) is 0 Å². The van der Waals surface area contributed by atoms with E-state index in [4.69, 9.17) is 0 Å². The highest BCUT2D eigenvalue weighted by atomic mass is 15.1. The maximum atomic E-state index is 4.53. The van der Waals surface area contributed by atoms with E-state index in [0.717, 1.165) is 29.7 Å². The van der Waals surface area contributed by atoms with Crippen molar-refractivity contribution in [1.82, 2.24) is 9.97 Å². The molecule has 122 valence electrons. The first-order chi connectivity index (χ1) is 11.7. The molecule has 0 aliphatic carbocycles. The first-order valence-electron chi connectivity index (χ1n) is 8.56. The smallest absolute Gasteiger partial charge is 0.137 e. The molecule has 2 N–H and O–H groups in total. The van der Waals surface area contributed by atoms with E-state index in [0.29, 0.717) is 5.92 Å². The van der Waals surface area contributed by atoms with Crippen LogP contribution in [-0.2, 0) is 0 Å². The van der Waals surface area contributed by atoms with Crippen LogP contribution in [0.2, 0.25) is 0 Å². The summed E-state index contributed by atoms with van der Waals surface area (Å²) in [7, 11) is 0. The lowest BCUT2D eigenvalue weighted by atomic mass is 9.97. The molecule has 3 aromatic rings.